The molecule has 1 heterocycles. The molecule has 1 aromatic heterocycles. The molecule has 0 fully saturated rings. The van der Waals surface area contributed by atoms with E-state index in [2.05, 4.69) is 4.98 Å². The van der Waals surface area contributed by atoms with Gasteiger partial charge in [0.1, 0.15) is 0 Å². The molecular formula is C12H10F2N2. The molecule has 0 amide bonds. The summed E-state index contributed by atoms with van der Waals surface area (Å²) in [4.78, 5) is 3.93. The molecule has 0 aliphatic carbocycles. The van der Waals surface area contributed by atoms with Gasteiger partial charge in [0.15, 0.2) is 11.6 Å². The van der Waals surface area contributed by atoms with Crippen LogP contribution in [0, 0.1) is 11.6 Å². The Balaban J connectivity index is 2.54. The van der Waals surface area contributed by atoms with Crippen molar-refractivity contribution in [2.45, 2.75) is 6.54 Å². The molecule has 2 nitrogen and oxygen atoms in total. The maximum atomic E-state index is 13.1. The lowest BCUT2D eigenvalue weighted by molar-refractivity contribution is 0.509. The van der Waals surface area contributed by atoms with Crippen LogP contribution in [0.5, 0.6) is 0 Å². The number of nitrogens with zero attached hydrogens (tertiary/aromatic N) is 1. The standard InChI is InChI=1S/C12H10F2N2/c13-11-2-1-8(5-12(11)14)10-3-4-16-7-9(10)6-15/h1-5,7H,6,15H2. The average Bonchev–Trinajstić information content (AvgIpc) is 2.32. The highest BCUT2D eigenvalue weighted by Gasteiger charge is 2.07. The molecule has 2 rings (SSSR count). The maximum Gasteiger partial charge on any atom is 0.159 e. The first-order chi connectivity index (χ1) is 7.72. The van der Waals surface area contributed by atoms with Crippen molar-refractivity contribution >= 4 is 0 Å². The van der Waals surface area contributed by atoms with E-state index in [1.807, 2.05) is 0 Å². The van der Waals surface area contributed by atoms with E-state index in [1.54, 1.807) is 18.5 Å². The van der Waals surface area contributed by atoms with Crippen molar-refractivity contribution in [1.29, 1.82) is 0 Å². The number of rotatable bonds is 2. The first kappa shape index (κ1) is 10.7. The third-order valence-electron chi connectivity index (χ3n) is 2.35. The number of aromatic nitrogens is 1. The molecule has 0 aliphatic heterocycles. The molecule has 82 valence electrons. The van der Waals surface area contributed by atoms with Gasteiger partial charge in [-0.1, -0.05) is 6.07 Å². The molecule has 0 saturated carbocycles. The quantitative estimate of drug-likeness (QED) is 0.844. The second-order valence-corrected chi connectivity index (χ2v) is 3.37. The third kappa shape index (κ3) is 1.92. The molecule has 0 aliphatic rings. The van der Waals surface area contributed by atoms with Crippen molar-refractivity contribution in [1.82, 2.24) is 4.98 Å². The van der Waals surface area contributed by atoms with Gasteiger partial charge in [-0.3, -0.25) is 4.98 Å². The maximum absolute atomic E-state index is 13.1. The van der Waals surface area contributed by atoms with E-state index in [1.165, 1.54) is 6.07 Å². The normalized spacial score (nSPS) is 10.4. The summed E-state index contributed by atoms with van der Waals surface area (Å²) in [5, 5.41) is 0. The third-order valence-corrected chi connectivity index (χ3v) is 2.35. The summed E-state index contributed by atoms with van der Waals surface area (Å²) in [6.07, 6.45) is 3.21. The van der Waals surface area contributed by atoms with E-state index in [0.29, 0.717) is 12.1 Å². The van der Waals surface area contributed by atoms with Crippen molar-refractivity contribution in [3.8, 4) is 11.1 Å². The zero-order chi connectivity index (χ0) is 11.5. The number of nitrogens with two attached hydrogens (primary N) is 1. The van der Waals surface area contributed by atoms with Gasteiger partial charge in [-0.05, 0) is 34.9 Å². The van der Waals surface area contributed by atoms with Crippen LogP contribution in [-0.2, 0) is 6.54 Å². The van der Waals surface area contributed by atoms with Crippen molar-refractivity contribution in [3.05, 3.63) is 53.9 Å². The highest BCUT2D eigenvalue weighted by molar-refractivity contribution is 5.66. The molecule has 0 spiro atoms. The smallest absolute Gasteiger partial charge is 0.159 e. The van der Waals surface area contributed by atoms with Gasteiger partial charge in [-0.2, -0.15) is 0 Å². The highest BCUT2D eigenvalue weighted by atomic mass is 19.2. The van der Waals surface area contributed by atoms with E-state index >= 15 is 0 Å². The van der Waals surface area contributed by atoms with Gasteiger partial charge in [0, 0.05) is 18.9 Å². The van der Waals surface area contributed by atoms with Crippen LogP contribution in [-0.4, -0.2) is 4.98 Å². The average molecular weight is 220 g/mol. The van der Waals surface area contributed by atoms with Crippen LogP contribution in [0.15, 0.2) is 36.7 Å². The SMILES string of the molecule is NCc1cnccc1-c1ccc(F)c(F)c1. The highest BCUT2D eigenvalue weighted by Crippen LogP contribution is 2.24. The first-order valence-corrected chi connectivity index (χ1v) is 4.80. The lowest BCUT2D eigenvalue weighted by Gasteiger charge is -2.07. The van der Waals surface area contributed by atoms with Crippen molar-refractivity contribution in [3.63, 3.8) is 0 Å². The van der Waals surface area contributed by atoms with Gasteiger partial charge in [0.2, 0.25) is 0 Å². The van der Waals surface area contributed by atoms with E-state index < -0.39 is 11.6 Å². The van der Waals surface area contributed by atoms with Gasteiger partial charge >= 0.3 is 0 Å². The summed E-state index contributed by atoms with van der Waals surface area (Å²) in [5.74, 6) is -1.72. The monoisotopic (exact) mass is 220 g/mol. The lowest BCUT2D eigenvalue weighted by Crippen LogP contribution is -1.99. The van der Waals surface area contributed by atoms with Crippen LogP contribution in [0.25, 0.3) is 11.1 Å². The predicted octanol–water partition coefficient (Wildman–Crippen LogP) is 2.49. The fourth-order valence-corrected chi connectivity index (χ4v) is 1.54. The van der Waals surface area contributed by atoms with Crippen LogP contribution in [0.3, 0.4) is 0 Å². The molecule has 4 heteroatoms. The predicted molar refractivity (Wildman–Crippen MR) is 57.5 cm³/mol. The first-order valence-electron chi connectivity index (χ1n) is 4.80. The number of hydrogen-bond acceptors (Lipinski definition) is 2. The van der Waals surface area contributed by atoms with Crippen LogP contribution < -0.4 is 5.73 Å². The molecular weight excluding hydrogens is 210 g/mol. The molecule has 2 N–H and O–H groups in total. The Morgan fingerprint density at radius 1 is 1.12 bits per heavy atom. The van der Waals surface area contributed by atoms with Crippen molar-refractivity contribution in [2.24, 2.45) is 5.73 Å². The Kier molecular flexibility index (Phi) is 2.92. The van der Waals surface area contributed by atoms with Gasteiger partial charge in [0.25, 0.3) is 0 Å². The zero-order valence-corrected chi connectivity index (χ0v) is 8.45. The van der Waals surface area contributed by atoms with E-state index in [9.17, 15) is 8.78 Å². The topological polar surface area (TPSA) is 38.9 Å². The van der Waals surface area contributed by atoms with Crippen LogP contribution in [0.2, 0.25) is 0 Å². The molecule has 0 bridgehead atoms. The van der Waals surface area contributed by atoms with Crippen LogP contribution >= 0.6 is 0 Å². The Hall–Kier alpha value is -1.81. The summed E-state index contributed by atoms with van der Waals surface area (Å²) >= 11 is 0. The summed E-state index contributed by atoms with van der Waals surface area (Å²) in [7, 11) is 0. The fourth-order valence-electron chi connectivity index (χ4n) is 1.54. The molecule has 16 heavy (non-hydrogen) atoms. The molecule has 1 aromatic carbocycles. The number of hydrogen-bond donors (Lipinski definition) is 1. The van der Waals surface area contributed by atoms with Crippen molar-refractivity contribution < 1.29 is 8.78 Å². The summed E-state index contributed by atoms with van der Waals surface area (Å²) in [5.41, 5.74) is 7.72. The second kappa shape index (κ2) is 4.37. The van der Waals surface area contributed by atoms with Crippen LogP contribution in [0.4, 0.5) is 8.78 Å². The lowest BCUT2D eigenvalue weighted by atomic mass is 10.0. The largest absolute Gasteiger partial charge is 0.326 e. The zero-order valence-electron chi connectivity index (χ0n) is 8.45. The Morgan fingerprint density at radius 2 is 1.94 bits per heavy atom. The molecule has 0 radical (unpaired) electrons. The minimum absolute atomic E-state index is 0.308. The van der Waals surface area contributed by atoms with E-state index in [0.717, 1.165) is 23.3 Å². The number of halogens is 2. The number of pyridine rings is 1. The summed E-state index contributed by atoms with van der Waals surface area (Å²) in [6, 6.07) is 5.51. The van der Waals surface area contributed by atoms with Gasteiger partial charge in [0.05, 0.1) is 0 Å². The van der Waals surface area contributed by atoms with Gasteiger partial charge in [-0.25, -0.2) is 8.78 Å². The summed E-state index contributed by atoms with van der Waals surface area (Å²) < 4.78 is 25.9. The van der Waals surface area contributed by atoms with E-state index in [4.69, 9.17) is 5.73 Å². The molecule has 0 saturated heterocycles. The van der Waals surface area contributed by atoms with E-state index in [-0.39, 0.29) is 0 Å². The second-order valence-electron chi connectivity index (χ2n) is 3.37. The van der Waals surface area contributed by atoms with Gasteiger partial charge in [-0.15, -0.1) is 0 Å². The van der Waals surface area contributed by atoms with Crippen molar-refractivity contribution in [2.75, 3.05) is 0 Å². The molecule has 0 unspecified atom stereocenters. The molecule has 0 atom stereocenters. The Bertz CT molecular complexity index is 512. The summed E-state index contributed by atoms with van der Waals surface area (Å²) in [6.45, 7) is 0.308. The fraction of sp³-hybridized carbons (Fsp3) is 0.0833. The van der Waals surface area contributed by atoms with Gasteiger partial charge < -0.3 is 5.73 Å². The minimum Gasteiger partial charge on any atom is -0.326 e. The number of benzene rings is 1. The van der Waals surface area contributed by atoms with Crippen LogP contribution in [0.1, 0.15) is 5.56 Å². The minimum atomic E-state index is -0.864. The molecule has 2 aromatic rings. The Morgan fingerprint density at radius 3 is 2.62 bits per heavy atom. The Labute approximate surface area is 91.7 Å².